The molecule has 1 rings (SSSR count). The molecule has 12 heavy (non-hydrogen) atoms. The van der Waals surface area contributed by atoms with Gasteiger partial charge in [-0.2, -0.15) is 0 Å². The molecule has 0 aromatic rings. The van der Waals surface area contributed by atoms with Crippen LogP contribution in [0.3, 0.4) is 0 Å². The predicted octanol–water partition coefficient (Wildman–Crippen LogP) is 0.208. The second kappa shape index (κ2) is 4.07. The van der Waals surface area contributed by atoms with Crippen LogP contribution in [0.5, 0.6) is 0 Å². The van der Waals surface area contributed by atoms with E-state index in [4.69, 9.17) is 0 Å². The largest absolute Gasteiger partial charge is 0.349 e. The van der Waals surface area contributed by atoms with E-state index < -0.39 is 0 Å². The molecule has 0 unspecified atom stereocenters. The number of nitrogens with one attached hydrogen (secondary N) is 2. The minimum Gasteiger partial charge on any atom is -0.349 e. The molecule has 0 atom stereocenters. The SMILES string of the molecule is C=CCNC(=O)C(C)=C1CNC1. The molecule has 66 valence electrons. The summed E-state index contributed by atoms with van der Waals surface area (Å²) in [4.78, 5) is 11.3. The Morgan fingerprint density at radius 1 is 1.75 bits per heavy atom. The van der Waals surface area contributed by atoms with Gasteiger partial charge in [0.05, 0.1) is 0 Å². The summed E-state index contributed by atoms with van der Waals surface area (Å²) >= 11 is 0. The van der Waals surface area contributed by atoms with Gasteiger partial charge in [0, 0.05) is 25.2 Å². The average Bonchev–Trinajstić information content (AvgIpc) is 1.96. The highest BCUT2D eigenvalue weighted by atomic mass is 16.1. The van der Waals surface area contributed by atoms with Crippen LogP contribution >= 0.6 is 0 Å². The van der Waals surface area contributed by atoms with E-state index in [0.29, 0.717) is 6.54 Å². The molecule has 0 saturated carbocycles. The molecule has 1 saturated heterocycles. The molecule has 0 aromatic carbocycles. The molecule has 1 aliphatic heterocycles. The number of hydrogen-bond donors (Lipinski definition) is 2. The first-order valence-electron chi connectivity index (χ1n) is 4.04. The van der Waals surface area contributed by atoms with E-state index in [1.807, 2.05) is 6.92 Å². The molecule has 0 spiro atoms. The summed E-state index contributed by atoms with van der Waals surface area (Å²) in [5, 5.41) is 5.83. The summed E-state index contributed by atoms with van der Waals surface area (Å²) < 4.78 is 0. The minimum atomic E-state index is 0.0198. The van der Waals surface area contributed by atoms with Crippen molar-refractivity contribution in [2.24, 2.45) is 0 Å². The minimum absolute atomic E-state index is 0.0198. The predicted molar refractivity (Wildman–Crippen MR) is 48.8 cm³/mol. The zero-order valence-electron chi connectivity index (χ0n) is 7.31. The van der Waals surface area contributed by atoms with Crippen LogP contribution < -0.4 is 10.6 Å². The summed E-state index contributed by atoms with van der Waals surface area (Å²) in [5.74, 6) is 0.0198. The number of hydrogen-bond acceptors (Lipinski definition) is 2. The van der Waals surface area contributed by atoms with Crippen LogP contribution in [0.25, 0.3) is 0 Å². The molecule has 0 radical (unpaired) electrons. The third-order valence-corrected chi connectivity index (χ3v) is 1.95. The second-order valence-corrected chi connectivity index (χ2v) is 2.83. The van der Waals surface area contributed by atoms with Crippen molar-refractivity contribution in [3.8, 4) is 0 Å². The fourth-order valence-electron chi connectivity index (χ4n) is 0.973. The molecule has 1 amide bonds. The van der Waals surface area contributed by atoms with Gasteiger partial charge >= 0.3 is 0 Å². The van der Waals surface area contributed by atoms with Crippen molar-refractivity contribution in [3.63, 3.8) is 0 Å². The molecule has 1 fully saturated rings. The molecular formula is C9H14N2O. The van der Waals surface area contributed by atoms with Crippen LogP contribution in [-0.4, -0.2) is 25.5 Å². The smallest absolute Gasteiger partial charge is 0.247 e. The molecule has 0 aromatic heterocycles. The van der Waals surface area contributed by atoms with Gasteiger partial charge in [0.15, 0.2) is 0 Å². The Bertz CT molecular complexity index is 225. The summed E-state index contributed by atoms with van der Waals surface area (Å²) in [6, 6.07) is 0. The first-order valence-corrected chi connectivity index (χ1v) is 4.04. The Morgan fingerprint density at radius 3 is 2.83 bits per heavy atom. The standard InChI is InChI=1S/C9H14N2O/c1-3-4-11-9(12)7(2)8-5-10-6-8/h3,10H,1,4-6H2,2H3,(H,11,12). The monoisotopic (exact) mass is 166 g/mol. The highest BCUT2D eigenvalue weighted by molar-refractivity contribution is 5.94. The lowest BCUT2D eigenvalue weighted by molar-refractivity contribution is -0.117. The Morgan fingerprint density at radius 2 is 2.42 bits per heavy atom. The second-order valence-electron chi connectivity index (χ2n) is 2.83. The number of carbonyl (C=O) groups excluding carboxylic acids is 1. The third kappa shape index (κ3) is 1.95. The van der Waals surface area contributed by atoms with Crippen LogP contribution in [0.15, 0.2) is 23.8 Å². The Labute approximate surface area is 72.5 Å². The lowest BCUT2D eigenvalue weighted by Crippen LogP contribution is -2.37. The number of rotatable bonds is 3. The maximum absolute atomic E-state index is 11.3. The lowest BCUT2D eigenvalue weighted by atomic mass is 10.0. The van der Waals surface area contributed by atoms with E-state index >= 15 is 0 Å². The van der Waals surface area contributed by atoms with Crippen molar-refractivity contribution in [1.29, 1.82) is 0 Å². The molecule has 3 heteroatoms. The first kappa shape index (κ1) is 9.00. The van der Waals surface area contributed by atoms with Crippen LogP contribution in [0, 0.1) is 0 Å². The Balaban J connectivity index is 2.45. The Kier molecular flexibility index (Phi) is 3.05. The van der Waals surface area contributed by atoms with Crippen LogP contribution in [-0.2, 0) is 4.79 Å². The summed E-state index contributed by atoms with van der Waals surface area (Å²) in [5.41, 5.74) is 2.05. The maximum atomic E-state index is 11.3. The van der Waals surface area contributed by atoms with Gasteiger partial charge in [-0.25, -0.2) is 0 Å². The van der Waals surface area contributed by atoms with E-state index in [2.05, 4.69) is 17.2 Å². The number of amides is 1. The average molecular weight is 166 g/mol. The quantitative estimate of drug-likeness (QED) is 0.465. The number of carbonyl (C=O) groups is 1. The highest BCUT2D eigenvalue weighted by Gasteiger charge is 2.14. The summed E-state index contributed by atoms with van der Waals surface area (Å²) in [7, 11) is 0. The van der Waals surface area contributed by atoms with Gasteiger partial charge in [-0.1, -0.05) is 6.08 Å². The van der Waals surface area contributed by atoms with Crippen molar-refractivity contribution >= 4 is 5.91 Å². The van der Waals surface area contributed by atoms with E-state index in [9.17, 15) is 4.79 Å². The van der Waals surface area contributed by atoms with E-state index in [-0.39, 0.29) is 5.91 Å². The van der Waals surface area contributed by atoms with E-state index in [0.717, 1.165) is 18.7 Å². The van der Waals surface area contributed by atoms with E-state index in [1.165, 1.54) is 5.57 Å². The molecule has 3 nitrogen and oxygen atoms in total. The van der Waals surface area contributed by atoms with Gasteiger partial charge < -0.3 is 10.6 Å². The van der Waals surface area contributed by atoms with E-state index in [1.54, 1.807) is 6.08 Å². The summed E-state index contributed by atoms with van der Waals surface area (Å²) in [6.07, 6.45) is 1.68. The molecule has 1 aliphatic rings. The van der Waals surface area contributed by atoms with Gasteiger partial charge in [-0.3, -0.25) is 4.79 Å². The lowest BCUT2D eigenvalue weighted by Gasteiger charge is -2.21. The Hall–Kier alpha value is -1.09. The summed E-state index contributed by atoms with van der Waals surface area (Å²) in [6.45, 7) is 7.63. The van der Waals surface area contributed by atoms with Crippen LogP contribution in [0.1, 0.15) is 6.92 Å². The van der Waals surface area contributed by atoms with Gasteiger partial charge in [-0.15, -0.1) is 6.58 Å². The van der Waals surface area contributed by atoms with Crippen molar-refractivity contribution in [1.82, 2.24) is 10.6 Å². The first-order chi connectivity index (χ1) is 5.75. The van der Waals surface area contributed by atoms with Crippen molar-refractivity contribution in [3.05, 3.63) is 23.8 Å². The molecule has 0 bridgehead atoms. The zero-order chi connectivity index (χ0) is 8.97. The fraction of sp³-hybridized carbons (Fsp3) is 0.444. The van der Waals surface area contributed by atoms with Gasteiger partial charge in [-0.05, 0) is 12.5 Å². The van der Waals surface area contributed by atoms with Crippen LogP contribution in [0.2, 0.25) is 0 Å². The van der Waals surface area contributed by atoms with Gasteiger partial charge in [0.25, 0.3) is 0 Å². The molecule has 0 aliphatic carbocycles. The van der Waals surface area contributed by atoms with Crippen LogP contribution in [0.4, 0.5) is 0 Å². The topological polar surface area (TPSA) is 41.1 Å². The molecular weight excluding hydrogens is 152 g/mol. The fourth-order valence-corrected chi connectivity index (χ4v) is 0.973. The molecule has 1 heterocycles. The van der Waals surface area contributed by atoms with Crippen molar-refractivity contribution in [2.75, 3.05) is 19.6 Å². The van der Waals surface area contributed by atoms with Gasteiger partial charge in [0.1, 0.15) is 0 Å². The van der Waals surface area contributed by atoms with Crippen molar-refractivity contribution < 1.29 is 4.79 Å². The molecule has 2 N–H and O–H groups in total. The third-order valence-electron chi connectivity index (χ3n) is 1.95. The normalized spacial score (nSPS) is 14.9. The van der Waals surface area contributed by atoms with Crippen molar-refractivity contribution in [2.45, 2.75) is 6.92 Å². The van der Waals surface area contributed by atoms with Gasteiger partial charge in [0.2, 0.25) is 5.91 Å². The highest BCUT2D eigenvalue weighted by Crippen LogP contribution is 2.08. The maximum Gasteiger partial charge on any atom is 0.247 e. The zero-order valence-corrected chi connectivity index (χ0v) is 7.31.